The van der Waals surface area contributed by atoms with Crippen molar-refractivity contribution < 1.29 is 9.59 Å². The molecular formula is C13H23N3O2. The number of likely N-dealkylation sites (tertiary alicyclic amines) is 1. The van der Waals surface area contributed by atoms with Crippen LogP contribution in [0.2, 0.25) is 0 Å². The van der Waals surface area contributed by atoms with Crippen molar-refractivity contribution >= 4 is 11.8 Å². The number of nitrogens with zero attached hydrogens (tertiary/aromatic N) is 1. The number of rotatable bonds is 2. The molecule has 0 bridgehead atoms. The third-order valence-corrected chi connectivity index (χ3v) is 4.63. The van der Waals surface area contributed by atoms with Crippen LogP contribution in [0.15, 0.2) is 0 Å². The maximum atomic E-state index is 12.6. The molecule has 3 atom stereocenters. The van der Waals surface area contributed by atoms with E-state index >= 15 is 0 Å². The van der Waals surface area contributed by atoms with Crippen molar-refractivity contribution in [2.45, 2.75) is 45.1 Å². The van der Waals surface area contributed by atoms with Crippen molar-refractivity contribution in [3.05, 3.63) is 0 Å². The van der Waals surface area contributed by atoms with Crippen LogP contribution in [0.5, 0.6) is 0 Å². The molecule has 102 valence electrons. The molecule has 5 heteroatoms. The highest BCUT2D eigenvalue weighted by molar-refractivity contribution is 5.85. The van der Waals surface area contributed by atoms with Crippen LogP contribution in [-0.2, 0) is 9.59 Å². The minimum atomic E-state index is -0.445. The lowest BCUT2D eigenvalue weighted by molar-refractivity contribution is -0.144. The largest absolute Gasteiger partial charge is 0.369 e. The van der Waals surface area contributed by atoms with E-state index in [4.69, 9.17) is 11.5 Å². The maximum Gasteiger partial charge on any atom is 0.230 e. The van der Waals surface area contributed by atoms with Gasteiger partial charge in [-0.2, -0.15) is 0 Å². The standard InChI is InChI=1S/C13H23N3O2/c1-13(6-2-5-10(13)14)12(18)16-7-3-4-9(8-16)11(15)17/h9-10H,2-8,14H2,1H3,(H2,15,17). The van der Waals surface area contributed by atoms with Gasteiger partial charge in [-0.05, 0) is 32.6 Å². The van der Waals surface area contributed by atoms with E-state index in [2.05, 4.69) is 0 Å². The molecule has 18 heavy (non-hydrogen) atoms. The lowest BCUT2D eigenvalue weighted by Gasteiger charge is -2.38. The first kappa shape index (κ1) is 13.3. The Morgan fingerprint density at radius 3 is 2.56 bits per heavy atom. The van der Waals surface area contributed by atoms with E-state index in [1.165, 1.54) is 0 Å². The fourth-order valence-corrected chi connectivity index (χ4v) is 3.21. The molecule has 1 saturated carbocycles. The van der Waals surface area contributed by atoms with Gasteiger partial charge >= 0.3 is 0 Å². The van der Waals surface area contributed by atoms with Crippen LogP contribution < -0.4 is 11.5 Å². The van der Waals surface area contributed by atoms with Crippen LogP contribution in [0.3, 0.4) is 0 Å². The average Bonchev–Trinajstić information content (AvgIpc) is 2.70. The van der Waals surface area contributed by atoms with Crippen LogP contribution in [0.4, 0.5) is 0 Å². The molecule has 4 N–H and O–H groups in total. The Hall–Kier alpha value is -1.10. The summed E-state index contributed by atoms with van der Waals surface area (Å²) in [6, 6.07) is -0.0565. The minimum Gasteiger partial charge on any atom is -0.369 e. The van der Waals surface area contributed by atoms with E-state index in [0.29, 0.717) is 6.54 Å². The van der Waals surface area contributed by atoms with E-state index in [1.54, 1.807) is 4.90 Å². The molecule has 3 unspecified atom stereocenters. The number of hydrogen-bond donors (Lipinski definition) is 2. The minimum absolute atomic E-state index is 0.0565. The lowest BCUT2D eigenvalue weighted by atomic mass is 9.82. The summed E-state index contributed by atoms with van der Waals surface area (Å²) in [6.45, 7) is 3.16. The van der Waals surface area contributed by atoms with Gasteiger partial charge in [0.1, 0.15) is 0 Å². The Labute approximate surface area is 108 Å². The Morgan fingerprint density at radius 2 is 2.00 bits per heavy atom. The average molecular weight is 253 g/mol. The van der Waals surface area contributed by atoms with E-state index in [9.17, 15) is 9.59 Å². The first-order valence-corrected chi connectivity index (χ1v) is 6.79. The molecule has 2 fully saturated rings. The maximum absolute atomic E-state index is 12.6. The van der Waals surface area contributed by atoms with Crippen molar-refractivity contribution in [3.63, 3.8) is 0 Å². The number of primary amides is 1. The van der Waals surface area contributed by atoms with Crippen LogP contribution >= 0.6 is 0 Å². The second-order valence-electron chi connectivity index (χ2n) is 5.91. The summed E-state index contributed by atoms with van der Waals surface area (Å²) < 4.78 is 0. The number of carbonyl (C=O) groups is 2. The highest BCUT2D eigenvalue weighted by Gasteiger charge is 2.45. The molecule has 0 aromatic carbocycles. The van der Waals surface area contributed by atoms with Gasteiger partial charge in [0.15, 0.2) is 0 Å². The van der Waals surface area contributed by atoms with Crippen LogP contribution in [-0.4, -0.2) is 35.8 Å². The van der Waals surface area contributed by atoms with E-state index < -0.39 is 5.41 Å². The Balaban J connectivity index is 2.07. The summed E-state index contributed by atoms with van der Waals surface area (Å²) in [6.07, 6.45) is 4.42. The highest BCUT2D eigenvalue weighted by Crippen LogP contribution is 2.39. The monoisotopic (exact) mass is 253 g/mol. The van der Waals surface area contributed by atoms with E-state index in [1.807, 2.05) is 6.92 Å². The summed E-state index contributed by atoms with van der Waals surface area (Å²) in [5, 5.41) is 0. The van der Waals surface area contributed by atoms with Gasteiger partial charge in [-0.1, -0.05) is 6.42 Å². The zero-order valence-electron chi connectivity index (χ0n) is 11.0. The van der Waals surface area contributed by atoms with Crippen molar-refractivity contribution in [2.75, 3.05) is 13.1 Å². The molecule has 2 rings (SSSR count). The summed E-state index contributed by atoms with van der Waals surface area (Å²) >= 11 is 0. The predicted octanol–water partition coefficient (Wildman–Crippen LogP) is 0.228. The number of hydrogen-bond acceptors (Lipinski definition) is 3. The van der Waals surface area contributed by atoms with Gasteiger partial charge in [0.2, 0.25) is 11.8 Å². The van der Waals surface area contributed by atoms with Crippen LogP contribution in [0, 0.1) is 11.3 Å². The zero-order valence-corrected chi connectivity index (χ0v) is 11.0. The second-order valence-corrected chi connectivity index (χ2v) is 5.91. The molecule has 0 spiro atoms. The Bertz CT molecular complexity index is 358. The van der Waals surface area contributed by atoms with Gasteiger partial charge in [-0.25, -0.2) is 0 Å². The molecule has 0 aromatic heterocycles. The molecule has 1 saturated heterocycles. The summed E-state index contributed by atoms with van der Waals surface area (Å²) in [5.74, 6) is -0.379. The molecule has 0 radical (unpaired) electrons. The third kappa shape index (κ3) is 2.23. The molecule has 1 aliphatic carbocycles. The molecule has 5 nitrogen and oxygen atoms in total. The summed E-state index contributed by atoms with van der Waals surface area (Å²) in [4.78, 5) is 25.6. The number of piperidine rings is 1. The molecule has 0 aromatic rings. The van der Waals surface area contributed by atoms with Gasteiger partial charge in [0.25, 0.3) is 0 Å². The van der Waals surface area contributed by atoms with Crippen LogP contribution in [0.25, 0.3) is 0 Å². The number of nitrogens with two attached hydrogens (primary N) is 2. The second kappa shape index (κ2) is 4.88. The summed E-state index contributed by atoms with van der Waals surface area (Å²) in [5.41, 5.74) is 11.0. The van der Waals surface area contributed by atoms with E-state index in [-0.39, 0.29) is 23.8 Å². The summed E-state index contributed by atoms with van der Waals surface area (Å²) in [7, 11) is 0. The van der Waals surface area contributed by atoms with Crippen molar-refractivity contribution in [1.82, 2.24) is 4.90 Å². The fourth-order valence-electron chi connectivity index (χ4n) is 3.21. The van der Waals surface area contributed by atoms with Gasteiger partial charge in [-0.3, -0.25) is 9.59 Å². The molecule has 1 aliphatic heterocycles. The first-order chi connectivity index (χ1) is 8.45. The predicted molar refractivity (Wildman–Crippen MR) is 68.4 cm³/mol. The third-order valence-electron chi connectivity index (χ3n) is 4.63. The van der Waals surface area contributed by atoms with Crippen molar-refractivity contribution in [3.8, 4) is 0 Å². The molecule has 2 amide bonds. The first-order valence-electron chi connectivity index (χ1n) is 6.79. The number of carbonyl (C=O) groups excluding carboxylic acids is 2. The molecule has 2 aliphatic rings. The van der Waals surface area contributed by atoms with Gasteiger partial charge in [0.05, 0.1) is 11.3 Å². The van der Waals surface area contributed by atoms with Crippen molar-refractivity contribution in [2.24, 2.45) is 22.8 Å². The smallest absolute Gasteiger partial charge is 0.230 e. The highest BCUT2D eigenvalue weighted by atomic mass is 16.2. The van der Waals surface area contributed by atoms with Gasteiger partial charge < -0.3 is 16.4 Å². The van der Waals surface area contributed by atoms with Crippen LogP contribution in [0.1, 0.15) is 39.0 Å². The fraction of sp³-hybridized carbons (Fsp3) is 0.846. The molecule has 1 heterocycles. The normalized spacial score (nSPS) is 36.7. The Kier molecular flexibility index (Phi) is 3.61. The number of amides is 2. The van der Waals surface area contributed by atoms with E-state index in [0.717, 1.165) is 38.6 Å². The Morgan fingerprint density at radius 1 is 1.28 bits per heavy atom. The molecular weight excluding hydrogens is 230 g/mol. The SMILES string of the molecule is CC1(C(=O)N2CCCC(C(N)=O)C2)CCCC1N. The topological polar surface area (TPSA) is 89.4 Å². The lowest BCUT2D eigenvalue weighted by Crippen LogP contribution is -2.53. The van der Waals surface area contributed by atoms with Gasteiger partial charge in [0, 0.05) is 19.1 Å². The van der Waals surface area contributed by atoms with Crippen molar-refractivity contribution in [1.29, 1.82) is 0 Å². The zero-order chi connectivity index (χ0) is 13.3. The van der Waals surface area contributed by atoms with Gasteiger partial charge in [-0.15, -0.1) is 0 Å². The quantitative estimate of drug-likeness (QED) is 0.738.